The van der Waals surface area contributed by atoms with Crippen molar-refractivity contribution < 1.29 is 18.3 Å². The quantitative estimate of drug-likeness (QED) is 0.396. The molecule has 4 aromatic rings. The maximum Gasteiger partial charge on any atom is 0.433 e. The molecule has 0 saturated heterocycles. The van der Waals surface area contributed by atoms with E-state index in [1.165, 1.54) is 12.3 Å². The Morgan fingerprint density at radius 3 is 2.56 bits per heavy atom. The van der Waals surface area contributed by atoms with Gasteiger partial charge in [-0.05, 0) is 30.3 Å². The minimum atomic E-state index is -4.73. The van der Waals surface area contributed by atoms with Gasteiger partial charge in [0.05, 0.1) is 18.0 Å². The number of nitriles is 1. The number of alkyl halides is 3. The van der Waals surface area contributed by atoms with Crippen LogP contribution in [0.4, 0.5) is 30.4 Å². The molecule has 3 heterocycles. The number of halogens is 3. The molecule has 0 aliphatic heterocycles. The first kappa shape index (κ1) is 22.8. The second kappa shape index (κ2) is 9.21. The largest absolute Gasteiger partial charge is 0.433 e. The van der Waals surface area contributed by atoms with Gasteiger partial charge in [0, 0.05) is 29.9 Å². The van der Waals surface area contributed by atoms with E-state index in [-0.39, 0.29) is 41.1 Å². The van der Waals surface area contributed by atoms with Gasteiger partial charge in [0.1, 0.15) is 28.8 Å². The van der Waals surface area contributed by atoms with Crippen molar-refractivity contribution in [2.45, 2.75) is 6.18 Å². The molecule has 0 fully saturated rings. The predicted molar refractivity (Wildman–Crippen MR) is 120 cm³/mol. The smallest absolute Gasteiger partial charge is 0.395 e. The topological polar surface area (TPSA) is 116 Å². The molecule has 0 aliphatic rings. The van der Waals surface area contributed by atoms with Gasteiger partial charge in [0.2, 0.25) is 0 Å². The van der Waals surface area contributed by atoms with Crippen LogP contribution >= 0.6 is 0 Å². The molecule has 4 rings (SSSR count). The van der Waals surface area contributed by atoms with Crippen molar-refractivity contribution >= 4 is 28.2 Å². The number of para-hydroxylation sites is 1. The van der Waals surface area contributed by atoms with Crippen LogP contribution in [0.2, 0.25) is 0 Å². The molecular formula is C23H17F3N6O2. The summed E-state index contributed by atoms with van der Waals surface area (Å²) < 4.78 is 41.3. The van der Waals surface area contributed by atoms with E-state index in [1.807, 2.05) is 6.07 Å². The molecule has 0 aliphatic carbocycles. The summed E-state index contributed by atoms with van der Waals surface area (Å²) >= 11 is 0. The summed E-state index contributed by atoms with van der Waals surface area (Å²) in [4.78, 5) is 21.2. The lowest BCUT2D eigenvalue weighted by atomic mass is 10.1. The molecule has 0 bridgehead atoms. The highest BCUT2D eigenvalue weighted by atomic mass is 19.4. The maximum atomic E-state index is 13.4. The summed E-state index contributed by atoms with van der Waals surface area (Å²) in [5, 5.41) is 24.8. The number of anilines is 3. The number of hydrogen-bond donors (Lipinski definition) is 3. The Kier molecular flexibility index (Phi) is 6.16. The maximum absolute atomic E-state index is 13.4. The standard InChI is InChI=1S/C23H17F3N6O2/c24-23(25,26)18-7-6-16-20(30-14-8-9-28-19(12-14)29-10-11-33)17(13-27)22(34)32(21(16)31-18)15-4-2-1-3-5-15/h1-9,12,33H,10-11H2,(H2,28,29,30). The first-order valence-corrected chi connectivity index (χ1v) is 10.0. The van der Waals surface area contributed by atoms with E-state index >= 15 is 0 Å². The lowest BCUT2D eigenvalue weighted by Gasteiger charge is -2.17. The Morgan fingerprint density at radius 2 is 1.88 bits per heavy atom. The zero-order valence-electron chi connectivity index (χ0n) is 17.5. The van der Waals surface area contributed by atoms with E-state index in [4.69, 9.17) is 5.11 Å². The van der Waals surface area contributed by atoms with E-state index in [9.17, 15) is 23.2 Å². The van der Waals surface area contributed by atoms with Gasteiger partial charge in [-0.25, -0.2) is 9.97 Å². The third kappa shape index (κ3) is 4.39. The van der Waals surface area contributed by atoms with Crippen molar-refractivity contribution in [2.24, 2.45) is 0 Å². The van der Waals surface area contributed by atoms with Gasteiger partial charge in [-0.2, -0.15) is 18.4 Å². The molecule has 0 unspecified atom stereocenters. The summed E-state index contributed by atoms with van der Waals surface area (Å²) in [6.45, 7) is 0.133. The van der Waals surface area contributed by atoms with Gasteiger partial charge in [0.25, 0.3) is 5.56 Å². The highest BCUT2D eigenvalue weighted by Crippen LogP contribution is 2.33. The number of aliphatic hydroxyl groups is 1. The molecule has 0 atom stereocenters. The van der Waals surface area contributed by atoms with Crippen LogP contribution in [0.1, 0.15) is 11.3 Å². The normalized spacial score (nSPS) is 11.3. The van der Waals surface area contributed by atoms with Crippen molar-refractivity contribution in [3.8, 4) is 11.8 Å². The Morgan fingerprint density at radius 1 is 1.12 bits per heavy atom. The Hall–Kier alpha value is -4.43. The highest BCUT2D eigenvalue weighted by Gasteiger charge is 2.33. The first-order chi connectivity index (χ1) is 16.3. The van der Waals surface area contributed by atoms with E-state index in [0.29, 0.717) is 11.5 Å². The van der Waals surface area contributed by atoms with Crippen LogP contribution in [-0.2, 0) is 6.18 Å². The minimum Gasteiger partial charge on any atom is -0.395 e. The van der Waals surface area contributed by atoms with Crippen LogP contribution in [0, 0.1) is 11.3 Å². The fourth-order valence-corrected chi connectivity index (χ4v) is 3.40. The minimum absolute atomic E-state index is 0.0233. The first-order valence-electron chi connectivity index (χ1n) is 10.0. The Bertz CT molecular complexity index is 1450. The zero-order chi connectivity index (χ0) is 24.3. The lowest BCUT2D eigenvalue weighted by Crippen LogP contribution is -2.24. The molecule has 34 heavy (non-hydrogen) atoms. The summed E-state index contributed by atoms with van der Waals surface area (Å²) in [6.07, 6.45) is -3.27. The zero-order valence-corrected chi connectivity index (χ0v) is 17.5. The van der Waals surface area contributed by atoms with Crippen LogP contribution in [-0.4, -0.2) is 32.8 Å². The van der Waals surface area contributed by atoms with Gasteiger partial charge >= 0.3 is 6.18 Å². The monoisotopic (exact) mass is 466 g/mol. The van der Waals surface area contributed by atoms with Crippen LogP contribution in [0.5, 0.6) is 0 Å². The number of nitrogens with one attached hydrogen (secondary N) is 2. The molecule has 0 spiro atoms. The molecule has 172 valence electrons. The van der Waals surface area contributed by atoms with Crippen molar-refractivity contribution in [1.29, 1.82) is 5.26 Å². The van der Waals surface area contributed by atoms with E-state index in [0.717, 1.165) is 10.6 Å². The molecule has 0 saturated carbocycles. The van der Waals surface area contributed by atoms with E-state index in [2.05, 4.69) is 20.6 Å². The molecular weight excluding hydrogens is 449 g/mol. The van der Waals surface area contributed by atoms with Gasteiger partial charge < -0.3 is 15.7 Å². The summed E-state index contributed by atoms with van der Waals surface area (Å²) in [6, 6.07) is 15.0. The second-order valence-corrected chi connectivity index (χ2v) is 7.11. The third-order valence-electron chi connectivity index (χ3n) is 4.89. The SMILES string of the molecule is N#Cc1c(Nc2ccnc(NCCO)c2)c2ccc(C(F)(F)F)nc2n(-c2ccccc2)c1=O. The number of benzene rings is 1. The number of hydrogen-bond acceptors (Lipinski definition) is 7. The molecule has 1 aromatic carbocycles. The van der Waals surface area contributed by atoms with Gasteiger partial charge in [-0.15, -0.1) is 0 Å². The second-order valence-electron chi connectivity index (χ2n) is 7.11. The Balaban J connectivity index is 1.98. The van der Waals surface area contributed by atoms with Gasteiger partial charge in [-0.3, -0.25) is 9.36 Å². The number of aromatic nitrogens is 3. The lowest BCUT2D eigenvalue weighted by molar-refractivity contribution is -0.141. The van der Waals surface area contributed by atoms with Crippen molar-refractivity contribution in [3.05, 3.63) is 82.4 Å². The van der Waals surface area contributed by atoms with Crippen LogP contribution in [0.25, 0.3) is 16.7 Å². The van der Waals surface area contributed by atoms with E-state index < -0.39 is 17.4 Å². The van der Waals surface area contributed by atoms with Gasteiger partial charge in [-0.1, -0.05) is 18.2 Å². The van der Waals surface area contributed by atoms with Crippen molar-refractivity contribution in [2.75, 3.05) is 23.8 Å². The molecule has 11 heteroatoms. The fraction of sp³-hybridized carbons (Fsp3) is 0.130. The summed E-state index contributed by atoms with van der Waals surface area (Å²) in [5.74, 6) is 0.414. The predicted octanol–water partition coefficient (Wildman–Crippen LogP) is 3.82. The number of aliphatic hydroxyl groups excluding tert-OH is 1. The number of nitrogens with zero attached hydrogens (tertiary/aromatic N) is 4. The van der Waals surface area contributed by atoms with Crippen LogP contribution in [0.15, 0.2) is 65.6 Å². The number of fused-ring (bicyclic) bond motifs is 1. The van der Waals surface area contributed by atoms with E-state index in [1.54, 1.807) is 42.5 Å². The fourth-order valence-electron chi connectivity index (χ4n) is 3.40. The molecule has 3 N–H and O–H groups in total. The molecule has 3 aromatic heterocycles. The molecule has 0 amide bonds. The third-order valence-corrected chi connectivity index (χ3v) is 4.89. The highest BCUT2D eigenvalue weighted by molar-refractivity contribution is 5.95. The summed E-state index contributed by atoms with van der Waals surface area (Å²) in [7, 11) is 0. The molecule has 8 nitrogen and oxygen atoms in total. The van der Waals surface area contributed by atoms with Crippen molar-refractivity contribution in [1.82, 2.24) is 14.5 Å². The van der Waals surface area contributed by atoms with Gasteiger partial charge in [0.15, 0.2) is 0 Å². The number of rotatable bonds is 6. The van der Waals surface area contributed by atoms with Crippen LogP contribution in [0.3, 0.4) is 0 Å². The average molecular weight is 466 g/mol. The van der Waals surface area contributed by atoms with Crippen LogP contribution < -0.4 is 16.2 Å². The molecule has 0 radical (unpaired) electrons. The van der Waals surface area contributed by atoms with Crippen molar-refractivity contribution in [3.63, 3.8) is 0 Å². The average Bonchev–Trinajstić information content (AvgIpc) is 2.83. The Labute approximate surface area is 191 Å². The summed E-state index contributed by atoms with van der Waals surface area (Å²) in [5.41, 5.74) is -1.81. The number of pyridine rings is 3.